The van der Waals surface area contributed by atoms with Crippen molar-refractivity contribution in [2.45, 2.75) is 51.2 Å². The lowest BCUT2D eigenvalue weighted by Gasteiger charge is -2.21. The Balaban J connectivity index is 2.21. The van der Waals surface area contributed by atoms with E-state index in [9.17, 15) is 0 Å². The van der Waals surface area contributed by atoms with Crippen molar-refractivity contribution in [3.8, 4) is 0 Å². The molecule has 0 spiro atoms. The lowest BCUT2D eigenvalue weighted by atomic mass is 10.0. The quantitative estimate of drug-likeness (QED) is 0.868. The molecular formula is C12H21N3O2. The maximum atomic E-state index is 5.48. The van der Waals surface area contributed by atoms with Gasteiger partial charge in [-0.05, 0) is 33.2 Å². The molecule has 1 aromatic rings. The highest BCUT2D eigenvalue weighted by atomic mass is 16.5. The van der Waals surface area contributed by atoms with Crippen LogP contribution in [0.1, 0.15) is 51.2 Å². The van der Waals surface area contributed by atoms with Crippen molar-refractivity contribution < 1.29 is 9.26 Å². The van der Waals surface area contributed by atoms with Crippen molar-refractivity contribution >= 4 is 0 Å². The molecule has 1 N–H and O–H groups in total. The van der Waals surface area contributed by atoms with E-state index in [0.29, 0.717) is 17.8 Å². The van der Waals surface area contributed by atoms with Crippen LogP contribution < -0.4 is 5.32 Å². The van der Waals surface area contributed by atoms with Crippen molar-refractivity contribution in [1.82, 2.24) is 15.5 Å². The fourth-order valence-electron chi connectivity index (χ4n) is 2.19. The smallest absolute Gasteiger partial charge is 0.231 e. The number of hydrogen-bond acceptors (Lipinski definition) is 5. The van der Waals surface area contributed by atoms with Gasteiger partial charge in [-0.3, -0.25) is 0 Å². The Morgan fingerprint density at radius 3 is 2.88 bits per heavy atom. The molecule has 17 heavy (non-hydrogen) atoms. The molecule has 0 amide bonds. The van der Waals surface area contributed by atoms with Crippen LogP contribution in [0.5, 0.6) is 0 Å². The van der Waals surface area contributed by atoms with Crippen molar-refractivity contribution in [2.24, 2.45) is 0 Å². The summed E-state index contributed by atoms with van der Waals surface area (Å²) in [4.78, 5) is 4.51. The highest BCUT2D eigenvalue weighted by Crippen LogP contribution is 2.30. The summed E-state index contributed by atoms with van der Waals surface area (Å²) in [5.74, 6) is 1.71. The van der Waals surface area contributed by atoms with Gasteiger partial charge in [-0.25, -0.2) is 0 Å². The molecule has 2 rings (SSSR count). The van der Waals surface area contributed by atoms with Gasteiger partial charge in [0.2, 0.25) is 11.7 Å². The largest absolute Gasteiger partial charge is 0.370 e. The third-order valence-corrected chi connectivity index (χ3v) is 3.88. The molecule has 5 heteroatoms. The molecule has 1 saturated heterocycles. The molecule has 0 aliphatic carbocycles. The van der Waals surface area contributed by atoms with E-state index in [-0.39, 0.29) is 0 Å². The molecule has 0 radical (unpaired) electrons. The second kappa shape index (κ2) is 4.74. The number of nitrogens with one attached hydrogen (secondary N) is 1. The topological polar surface area (TPSA) is 60.2 Å². The molecule has 1 aromatic heterocycles. The normalized spacial score (nSPS) is 28.2. The molecule has 1 aliphatic heterocycles. The minimum atomic E-state index is -0.447. The van der Waals surface area contributed by atoms with Gasteiger partial charge in [0, 0.05) is 13.2 Å². The van der Waals surface area contributed by atoms with Gasteiger partial charge in [0.15, 0.2) is 0 Å². The average Bonchev–Trinajstić information content (AvgIpc) is 2.96. The Bertz CT molecular complexity index is 374. The van der Waals surface area contributed by atoms with E-state index in [1.807, 2.05) is 6.92 Å². The maximum Gasteiger partial charge on any atom is 0.231 e. The zero-order chi connectivity index (χ0) is 12.5. The van der Waals surface area contributed by atoms with E-state index in [1.165, 1.54) is 0 Å². The summed E-state index contributed by atoms with van der Waals surface area (Å²) in [5.41, 5.74) is -0.447. The molecule has 96 valence electrons. The van der Waals surface area contributed by atoms with Crippen LogP contribution in [0.3, 0.4) is 0 Å². The van der Waals surface area contributed by atoms with E-state index in [1.54, 1.807) is 7.11 Å². The standard InChI is InChI=1S/C12H21N3O2/c1-5-12(3,16-4)11-14-10(17-15-11)9-6-7-13-8(9)2/h8-9,13H,5-7H2,1-4H3. The number of hydrogen-bond donors (Lipinski definition) is 1. The lowest BCUT2D eigenvalue weighted by molar-refractivity contribution is -0.0106. The summed E-state index contributed by atoms with van der Waals surface area (Å²) in [6.07, 6.45) is 1.87. The number of rotatable bonds is 4. The van der Waals surface area contributed by atoms with Crippen LogP contribution in [-0.2, 0) is 10.3 Å². The van der Waals surface area contributed by atoms with Crippen LogP contribution in [0.2, 0.25) is 0 Å². The summed E-state index contributed by atoms with van der Waals surface area (Å²) < 4.78 is 10.9. The number of nitrogens with zero attached hydrogens (tertiary/aromatic N) is 2. The van der Waals surface area contributed by atoms with Gasteiger partial charge >= 0.3 is 0 Å². The lowest BCUT2D eigenvalue weighted by Crippen LogP contribution is -2.25. The average molecular weight is 239 g/mol. The van der Waals surface area contributed by atoms with Crippen LogP contribution in [0.15, 0.2) is 4.52 Å². The second-order valence-corrected chi connectivity index (χ2v) is 4.88. The molecular weight excluding hydrogens is 218 g/mol. The Kier molecular flexibility index (Phi) is 3.49. The highest BCUT2D eigenvalue weighted by Gasteiger charge is 2.34. The molecule has 0 saturated carbocycles. The molecule has 5 nitrogen and oxygen atoms in total. The fourth-order valence-corrected chi connectivity index (χ4v) is 2.19. The monoisotopic (exact) mass is 239 g/mol. The second-order valence-electron chi connectivity index (χ2n) is 4.88. The predicted octanol–water partition coefficient (Wildman–Crippen LogP) is 1.81. The Hall–Kier alpha value is -0.940. The van der Waals surface area contributed by atoms with Crippen molar-refractivity contribution in [3.63, 3.8) is 0 Å². The van der Waals surface area contributed by atoms with Crippen molar-refractivity contribution in [1.29, 1.82) is 0 Å². The van der Waals surface area contributed by atoms with E-state index >= 15 is 0 Å². The summed E-state index contributed by atoms with van der Waals surface area (Å²) in [5, 5.41) is 7.46. The van der Waals surface area contributed by atoms with E-state index in [4.69, 9.17) is 9.26 Å². The number of ether oxygens (including phenoxy) is 1. The molecule has 0 aromatic carbocycles. The summed E-state index contributed by atoms with van der Waals surface area (Å²) in [7, 11) is 1.68. The minimum absolute atomic E-state index is 0.328. The van der Waals surface area contributed by atoms with Gasteiger partial charge in [-0.1, -0.05) is 12.1 Å². The van der Waals surface area contributed by atoms with Crippen LogP contribution >= 0.6 is 0 Å². The van der Waals surface area contributed by atoms with Crippen LogP contribution in [-0.4, -0.2) is 29.8 Å². The third-order valence-electron chi connectivity index (χ3n) is 3.88. The predicted molar refractivity (Wildman–Crippen MR) is 63.8 cm³/mol. The van der Waals surface area contributed by atoms with Gasteiger partial charge in [-0.15, -0.1) is 0 Å². The summed E-state index contributed by atoms with van der Waals surface area (Å²) >= 11 is 0. The first-order valence-corrected chi connectivity index (χ1v) is 6.23. The highest BCUT2D eigenvalue weighted by molar-refractivity contribution is 5.05. The Morgan fingerprint density at radius 2 is 2.35 bits per heavy atom. The van der Waals surface area contributed by atoms with Gasteiger partial charge in [0.25, 0.3) is 0 Å². The fraction of sp³-hybridized carbons (Fsp3) is 0.833. The van der Waals surface area contributed by atoms with Crippen LogP contribution in [0.25, 0.3) is 0 Å². The van der Waals surface area contributed by atoms with E-state index in [2.05, 4.69) is 29.3 Å². The molecule has 0 bridgehead atoms. The van der Waals surface area contributed by atoms with Crippen LogP contribution in [0.4, 0.5) is 0 Å². The first-order chi connectivity index (χ1) is 8.10. The maximum absolute atomic E-state index is 5.48. The minimum Gasteiger partial charge on any atom is -0.370 e. The molecule has 3 unspecified atom stereocenters. The van der Waals surface area contributed by atoms with Crippen molar-refractivity contribution in [3.05, 3.63) is 11.7 Å². The van der Waals surface area contributed by atoms with Gasteiger partial charge in [-0.2, -0.15) is 4.98 Å². The zero-order valence-corrected chi connectivity index (χ0v) is 11.0. The summed E-state index contributed by atoms with van der Waals surface area (Å²) in [6.45, 7) is 7.20. The first kappa shape index (κ1) is 12.5. The van der Waals surface area contributed by atoms with Crippen molar-refractivity contribution in [2.75, 3.05) is 13.7 Å². The zero-order valence-electron chi connectivity index (χ0n) is 11.0. The summed E-state index contributed by atoms with van der Waals surface area (Å²) in [6, 6.07) is 0.402. The molecule has 2 heterocycles. The molecule has 1 fully saturated rings. The molecule has 3 atom stereocenters. The van der Waals surface area contributed by atoms with Crippen LogP contribution in [0, 0.1) is 0 Å². The first-order valence-electron chi connectivity index (χ1n) is 6.23. The van der Waals surface area contributed by atoms with Gasteiger partial charge in [0.1, 0.15) is 5.60 Å². The third kappa shape index (κ3) is 2.21. The van der Waals surface area contributed by atoms with Gasteiger partial charge in [0.05, 0.1) is 5.92 Å². The van der Waals surface area contributed by atoms with Gasteiger partial charge < -0.3 is 14.6 Å². The van der Waals surface area contributed by atoms with E-state index < -0.39 is 5.60 Å². The Labute approximate surface area is 102 Å². The number of aromatic nitrogens is 2. The Morgan fingerprint density at radius 1 is 1.59 bits per heavy atom. The number of methoxy groups -OCH3 is 1. The molecule has 1 aliphatic rings. The van der Waals surface area contributed by atoms with E-state index in [0.717, 1.165) is 25.3 Å². The SMILES string of the molecule is CCC(C)(OC)c1noc(C2CCNC2C)n1.